The molecule has 1 rings (SSSR count). The van der Waals surface area contributed by atoms with E-state index < -0.39 is 64.4 Å². The van der Waals surface area contributed by atoms with E-state index in [2.05, 4.69) is 0 Å². The normalized spacial score (nSPS) is 16.1. The number of benzene rings is 1. The zero-order valence-corrected chi connectivity index (χ0v) is 20.5. The Morgan fingerprint density at radius 1 is 0.526 bits per heavy atom. The van der Waals surface area contributed by atoms with E-state index in [9.17, 15) is 74.6 Å². The lowest BCUT2D eigenvalue weighted by molar-refractivity contribution is -0.461. The highest BCUT2D eigenvalue weighted by molar-refractivity contribution is 14.1. The van der Waals surface area contributed by atoms with Gasteiger partial charge in [0.25, 0.3) is 0 Å². The van der Waals surface area contributed by atoms with E-state index in [0.717, 1.165) is 28.2 Å². The fraction of sp³-hybridized carbons (Fsp3) is 0.700. The van der Waals surface area contributed by atoms with Gasteiger partial charge in [-0.25, -0.2) is 0 Å². The maximum Gasteiger partial charge on any atom is 0.460 e. The lowest BCUT2D eigenvalue weighted by atomic mass is 9.87. The molecule has 1 atom stereocenters. The standard InChI is InChI=1S/C20H16F17I/c21-13(22,10-12(38)9-5-4-8-11-6-2-1-3-7-11)14(23,24)15(25,26)16(27,28)17(29,30)18(31,32)19(33,34)20(35,36)37/h1-3,6-7,12H,4-5,8-10H2. The van der Waals surface area contributed by atoms with Crippen LogP contribution in [0, 0.1) is 0 Å². The number of alkyl halides is 18. The van der Waals surface area contributed by atoms with Crippen LogP contribution >= 0.6 is 22.6 Å². The third-order valence-corrected chi connectivity index (χ3v) is 6.40. The molecule has 0 aliphatic rings. The van der Waals surface area contributed by atoms with E-state index in [1.165, 1.54) is 0 Å². The van der Waals surface area contributed by atoms with Crippen molar-refractivity contribution in [3.63, 3.8) is 0 Å². The van der Waals surface area contributed by atoms with Crippen LogP contribution in [0.3, 0.4) is 0 Å². The van der Waals surface area contributed by atoms with E-state index in [4.69, 9.17) is 0 Å². The summed E-state index contributed by atoms with van der Waals surface area (Å²) in [7, 11) is 0. The molecule has 38 heavy (non-hydrogen) atoms. The topological polar surface area (TPSA) is 0 Å². The first kappa shape index (κ1) is 34.8. The molecule has 222 valence electrons. The zero-order valence-electron chi connectivity index (χ0n) is 18.3. The van der Waals surface area contributed by atoms with Gasteiger partial charge in [-0.2, -0.15) is 74.6 Å². The van der Waals surface area contributed by atoms with Gasteiger partial charge < -0.3 is 0 Å². The van der Waals surface area contributed by atoms with E-state index in [0.29, 0.717) is 6.42 Å². The molecule has 1 unspecified atom stereocenters. The molecule has 0 saturated heterocycles. The van der Waals surface area contributed by atoms with Crippen LogP contribution in [0.15, 0.2) is 30.3 Å². The summed E-state index contributed by atoms with van der Waals surface area (Å²) < 4.78 is 224. The Balaban J connectivity index is 3.16. The Kier molecular flexibility index (Phi) is 10.0. The predicted octanol–water partition coefficient (Wildman–Crippen LogP) is 9.60. The summed E-state index contributed by atoms with van der Waals surface area (Å²) in [5.74, 6) is -55.9. The van der Waals surface area contributed by atoms with Crippen LogP contribution in [0.25, 0.3) is 0 Å². The average molecular weight is 706 g/mol. The average Bonchev–Trinajstić information content (AvgIpc) is 2.75. The van der Waals surface area contributed by atoms with Gasteiger partial charge in [0, 0.05) is 10.3 Å². The van der Waals surface area contributed by atoms with Crippen molar-refractivity contribution in [2.24, 2.45) is 0 Å². The molecule has 0 nitrogen and oxygen atoms in total. The summed E-state index contributed by atoms with van der Waals surface area (Å²) in [6, 6.07) is 8.31. The van der Waals surface area contributed by atoms with Crippen LogP contribution in [-0.4, -0.2) is 51.6 Å². The highest BCUT2D eigenvalue weighted by Crippen LogP contribution is 2.64. The van der Waals surface area contributed by atoms with Crippen LogP contribution in [0.2, 0.25) is 0 Å². The molecule has 0 aliphatic heterocycles. The number of unbranched alkanes of at least 4 members (excludes halogenated alkanes) is 1. The second kappa shape index (κ2) is 11.0. The third kappa shape index (κ3) is 5.93. The SMILES string of the molecule is FC(F)(F)C(F)(F)C(F)(F)C(F)(F)C(F)(F)C(F)(F)C(F)(F)C(F)(F)CC(I)CCCCc1ccccc1. The monoisotopic (exact) mass is 706 g/mol. The third-order valence-electron chi connectivity index (χ3n) is 5.34. The van der Waals surface area contributed by atoms with Gasteiger partial charge in [0.2, 0.25) is 0 Å². The summed E-state index contributed by atoms with van der Waals surface area (Å²) in [5, 5.41) is 0. The van der Waals surface area contributed by atoms with Gasteiger partial charge in [0.15, 0.2) is 0 Å². The smallest absolute Gasteiger partial charge is 0.200 e. The Morgan fingerprint density at radius 3 is 1.34 bits per heavy atom. The largest absolute Gasteiger partial charge is 0.460 e. The Hall–Kier alpha value is -1.24. The van der Waals surface area contributed by atoms with Crippen LogP contribution < -0.4 is 0 Å². The van der Waals surface area contributed by atoms with E-state index in [1.807, 2.05) is 0 Å². The molecule has 0 saturated carbocycles. The lowest BCUT2D eigenvalue weighted by Gasteiger charge is -2.43. The maximum atomic E-state index is 14.0. The van der Waals surface area contributed by atoms with E-state index >= 15 is 0 Å². The van der Waals surface area contributed by atoms with Crippen LogP contribution in [-0.2, 0) is 6.42 Å². The van der Waals surface area contributed by atoms with Crippen molar-refractivity contribution in [1.82, 2.24) is 0 Å². The molecule has 0 N–H and O–H groups in total. The van der Waals surface area contributed by atoms with Gasteiger partial charge in [-0.05, 0) is 24.8 Å². The molecule has 0 spiro atoms. The van der Waals surface area contributed by atoms with E-state index in [-0.39, 0.29) is 12.8 Å². The van der Waals surface area contributed by atoms with Gasteiger partial charge in [0.05, 0.1) is 0 Å². The number of halogens is 18. The summed E-state index contributed by atoms with van der Waals surface area (Å²) in [6.07, 6.45) is -9.98. The predicted molar refractivity (Wildman–Crippen MR) is 107 cm³/mol. The Bertz CT molecular complexity index is 908. The quantitative estimate of drug-likeness (QED) is 0.0830. The molecular formula is C20H16F17I. The number of aryl methyl sites for hydroxylation is 1. The summed E-state index contributed by atoms with van der Waals surface area (Å²) >= 11 is 1.02. The Labute approximate surface area is 217 Å². The van der Waals surface area contributed by atoms with Crippen molar-refractivity contribution in [3.05, 3.63) is 35.9 Å². The molecular weight excluding hydrogens is 690 g/mol. The van der Waals surface area contributed by atoms with Crippen LogP contribution in [0.4, 0.5) is 74.6 Å². The number of hydrogen-bond donors (Lipinski definition) is 0. The van der Waals surface area contributed by atoms with Gasteiger partial charge in [-0.3, -0.25) is 0 Å². The lowest BCUT2D eigenvalue weighted by Crippen LogP contribution is -2.74. The number of hydrogen-bond acceptors (Lipinski definition) is 0. The minimum absolute atomic E-state index is 0.00643. The summed E-state index contributed by atoms with van der Waals surface area (Å²) in [5.41, 5.74) is 0.769. The fourth-order valence-electron chi connectivity index (χ4n) is 3.04. The molecule has 0 fully saturated rings. The maximum absolute atomic E-state index is 14.0. The summed E-state index contributed by atoms with van der Waals surface area (Å²) in [4.78, 5) is 0. The van der Waals surface area contributed by atoms with Crippen molar-refractivity contribution in [3.8, 4) is 0 Å². The molecule has 0 heterocycles. The van der Waals surface area contributed by atoms with Crippen molar-refractivity contribution >= 4 is 22.6 Å². The fourth-order valence-corrected chi connectivity index (χ4v) is 4.04. The second-order valence-corrected chi connectivity index (χ2v) is 9.94. The van der Waals surface area contributed by atoms with E-state index in [1.54, 1.807) is 30.3 Å². The molecule has 1 aromatic rings. The van der Waals surface area contributed by atoms with Gasteiger partial charge >= 0.3 is 47.6 Å². The van der Waals surface area contributed by atoms with Crippen LogP contribution in [0.1, 0.15) is 31.2 Å². The summed E-state index contributed by atoms with van der Waals surface area (Å²) in [6.45, 7) is 0. The first-order valence-corrected chi connectivity index (χ1v) is 11.4. The molecule has 18 heteroatoms. The van der Waals surface area contributed by atoms with Gasteiger partial charge in [0.1, 0.15) is 0 Å². The molecule has 0 aromatic heterocycles. The molecule has 0 amide bonds. The van der Waals surface area contributed by atoms with Crippen molar-refractivity contribution in [2.45, 2.75) is 83.7 Å². The molecule has 0 bridgehead atoms. The molecule has 0 aliphatic carbocycles. The first-order valence-electron chi connectivity index (χ1n) is 10.1. The highest BCUT2D eigenvalue weighted by atomic mass is 127. The molecule has 1 aromatic carbocycles. The van der Waals surface area contributed by atoms with Crippen molar-refractivity contribution in [2.75, 3.05) is 0 Å². The second-order valence-electron chi connectivity index (χ2n) is 8.18. The zero-order chi connectivity index (χ0) is 30.2. The first-order chi connectivity index (χ1) is 16.7. The van der Waals surface area contributed by atoms with Crippen molar-refractivity contribution in [1.29, 1.82) is 0 Å². The Morgan fingerprint density at radius 2 is 0.921 bits per heavy atom. The van der Waals surface area contributed by atoms with Crippen molar-refractivity contribution < 1.29 is 74.6 Å². The molecule has 0 radical (unpaired) electrons. The minimum atomic E-state index is -8.59. The van der Waals surface area contributed by atoms with Crippen LogP contribution in [0.5, 0.6) is 0 Å². The minimum Gasteiger partial charge on any atom is -0.200 e. The number of rotatable bonds is 13. The van der Waals surface area contributed by atoms with Gasteiger partial charge in [-0.1, -0.05) is 59.3 Å². The highest BCUT2D eigenvalue weighted by Gasteiger charge is 2.95. The van der Waals surface area contributed by atoms with Gasteiger partial charge in [-0.15, -0.1) is 0 Å².